The van der Waals surface area contributed by atoms with Crippen molar-refractivity contribution in [3.8, 4) is 17.0 Å². The highest BCUT2D eigenvalue weighted by Gasteiger charge is 2.34. The van der Waals surface area contributed by atoms with Gasteiger partial charge < -0.3 is 19.7 Å². The first-order chi connectivity index (χ1) is 19.2. The van der Waals surface area contributed by atoms with E-state index in [0.29, 0.717) is 48.6 Å². The van der Waals surface area contributed by atoms with Gasteiger partial charge in [0.2, 0.25) is 5.95 Å². The molecule has 0 radical (unpaired) electrons. The molecule has 0 bridgehead atoms. The summed E-state index contributed by atoms with van der Waals surface area (Å²) >= 11 is 0. The van der Waals surface area contributed by atoms with Crippen LogP contribution < -0.4 is 15.0 Å². The van der Waals surface area contributed by atoms with Gasteiger partial charge in [0.15, 0.2) is 5.69 Å². The Morgan fingerprint density at radius 3 is 2.48 bits per heavy atom. The predicted octanol–water partition coefficient (Wildman–Crippen LogP) is 4.49. The lowest BCUT2D eigenvalue weighted by molar-refractivity contribution is -0.141. The van der Waals surface area contributed by atoms with Crippen LogP contribution >= 0.6 is 0 Å². The van der Waals surface area contributed by atoms with Crippen molar-refractivity contribution in [2.75, 3.05) is 44.9 Å². The molecule has 1 fully saturated rings. The Labute approximate surface area is 229 Å². The number of piperidine rings is 1. The van der Waals surface area contributed by atoms with Gasteiger partial charge in [-0.2, -0.15) is 18.3 Å². The van der Waals surface area contributed by atoms with Crippen LogP contribution in [0.15, 0.2) is 36.7 Å². The molecule has 1 amide bonds. The van der Waals surface area contributed by atoms with Crippen LogP contribution in [0.3, 0.4) is 0 Å². The van der Waals surface area contributed by atoms with Gasteiger partial charge in [-0.05, 0) is 49.8 Å². The highest BCUT2D eigenvalue weighted by atomic mass is 19.4. The number of aryl methyl sites for hydroxylation is 1. The minimum absolute atomic E-state index is 0.0404. The Morgan fingerprint density at radius 1 is 1.12 bits per heavy atom. The summed E-state index contributed by atoms with van der Waals surface area (Å²) in [6.45, 7) is 2.63. The second-order valence-electron chi connectivity index (χ2n) is 9.62. The summed E-state index contributed by atoms with van der Waals surface area (Å²) in [6, 6.07) is 5.21. The number of benzene rings is 1. The van der Waals surface area contributed by atoms with Crippen LogP contribution in [0.2, 0.25) is 0 Å². The fraction of sp³-hybridized carbons (Fsp3) is 0.481. The maximum Gasteiger partial charge on any atom is 0.435 e. The highest BCUT2D eigenvalue weighted by molar-refractivity contribution is 5.94. The first kappa shape index (κ1) is 29.2. The molecule has 0 atom stereocenters. The molecule has 1 aliphatic heterocycles. The number of aromatic nitrogens is 4. The Morgan fingerprint density at radius 2 is 1.85 bits per heavy atom. The lowest BCUT2D eigenvalue weighted by Gasteiger charge is -2.32. The van der Waals surface area contributed by atoms with E-state index in [1.807, 2.05) is 0 Å². The van der Waals surface area contributed by atoms with E-state index in [9.17, 15) is 22.4 Å². The molecule has 1 saturated heterocycles. The summed E-state index contributed by atoms with van der Waals surface area (Å²) in [6.07, 6.45) is 2.19. The zero-order valence-corrected chi connectivity index (χ0v) is 22.4. The van der Waals surface area contributed by atoms with Crippen molar-refractivity contribution in [1.29, 1.82) is 0 Å². The van der Waals surface area contributed by atoms with Gasteiger partial charge >= 0.3 is 6.18 Å². The molecule has 3 aromatic rings. The minimum Gasteiger partial charge on any atom is -0.493 e. The molecule has 0 aliphatic carbocycles. The topological polar surface area (TPSA) is 94.4 Å². The van der Waals surface area contributed by atoms with Crippen LogP contribution in [0.1, 0.15) is 41.7 Å². The number of anilines is 1. The van der Waals surface area contributed by atoms with Gasteiger partial charge in [0, 0.05) is 57.8 Å². The summed E-state index contributed by atoms with van der Waals surface area (Å²) in [5, 5.41) is 6.12. The van der Waals surface area contributed by atoms with E-state index >= 15 is 0 Å². The second-order valence-corrected chi connectivity index (χ2v) is 9.62. The predicted molar refractivity (Wildman–Crippen MR) is 140 cm³/mol. The summed E-state index contributed by atoms with van der Waals surface area (Å²) in [5.74, 6) is 0.288. The fourth-order valence-electron chi connectivity index (χ4n) is 4.61. The zero-order chi connectivity index (χ0) is 28.7. The Hall–Kier alpha value is -3.74. The molecular formula is C27H32F4N6O3. The van der Waals surface area contributed by atoms with E-state index in [1.165, 1.54) is 43.4 Å². The van der Waals surface area contributed by atoms with Crippen LogP contribution in [0.4, 0.5) is 23.5 Å². The Bertz CT molecular complexity index is 1270. The maximum atomic E-state index is 14.3. The third kappa shape index (κ3) is 7.46. The van der Waals surface area contributed by atoms with E-state index < -0.39 is 23.6 Å². The molecule has 9 nitrogen and oxygen atoms in total. The van der Waals surface area contributed by atoms with Gasteiger partial charge in [-0.25, -0.2) is 14.4 Å². The summed E-state index contributed by atoms with van der Waals surface area (Å²) in [5.41, 5.74) is -0.239. The number of carbonyl (C=O) groups is 1. The molecular weight excluding hydrogens is 532 g/mol. The van der Waals surface area contributed by atoms with Crippen LogP contribution in [0.25, 0.3) is 11.3 Å². The molecule has 0 saturated carbocycles. The lowest BCUT2D eigenvalue weighted by Crippen LogP contribution is -2.34. The number of ether oxygens (including phenoxy) is 2. The average molecular weight is 565 g/mol. The first-order valence-corrected chi connectivity index (χ1v) is 13.0. The van der Waals surface area contributed by atoms with E-state index in [1.54, 1.807) is 6.07 Å². The normalized spacial score (nSPS) is 14.4. The molecule has 4 rings (SSSR count). The molecule has 1 N–H and O–H groups in total. The van der Waals surface area contributed by atoms with Crippen molar-refractivity contribution in [3.63, 3.8) is 0 Å². The summed E-state index contributed by atoms with van der Waals surface area (Å²) in [7, 11) is 2.97. The standard InChI is InChI=1S/C27H32F4N6O3/c1-36-23(15-24(35-36)27(29,30)31)19-16-33-26(34-17-19)37-10-7-18(8-11-37)4-3-12-40-20-5-6-21(22(28)14-20)25(38)32-9-13-39-2/h5-6,14-18H,3-4,7-13H2,1-2H3,(H,32,38). The quantitative estimate of drug-likeness (QED) is 0.271. The number of amides is 1. The van der Waals surface area contributed by atoms with Crippen LogP contribution in [0, 0.1) is 11.7 Å². The molecule has 0 spiro atoms. The molecule has 3 heterocycles. The number of alkyl halides is 3. The van der Waals surface area contributed by atoms with Crippen molar-refractivity contribution in [2.45, 2.75) is 31.9 Å². The molecule has 2 aromatic heterocycles. The summed E-state index contributed by atoms with van der Waals surface area (Å²) in [4.78, 5) is 22.8. The molecule has 1 aliphatic rings. The van der Waals surface area contributed by atoms with Crippen LogP contribution in [-0.2, 0) is 18.0 Å². The number of methoxy groups -OCH3 is 1. The number of rotatable bonds is 11. The monoisotopic (exact) mass is 564 g/mol. The lowest BCUT2D eigenvalue weighted by atomic mass is 9.92. The number of hydrogen-bond acceptors (Lipinski definition) is 7. The van der Waals surface area contributed by atoms with E-state index in [4.69, 9.17) is 9.47 Å². The Kier molecular flexibility index (Phi) is 9.56. The first-order valence-electron chi connectivity index (χ1n) is 13.0. The zero-order valence-electron chi connectivity index (χ0n) is 22.4. The molecule has 1 aromatic carbocycles. The van der Waals surface area contributed by atoms with Crippen molar-refractivity contribution in [3.05, 3.63) is 53.7 Å². The van der Waals surface area contributed by atoms with Crippen molar-refractivity contribution < 1.29 is 31.8 Å². The number of nitrogens with zero attached hydrogens (tertiary/aromatic N) is 5. The highest BCUT2D eigenvalue weighted by Crippen LogP contribution is 2.31. The molecule has 40 heavy (non-hydrogen) atoms. The van der Waals surface area contributed by atoms with Crippen molar-refractivity contribution in [1.82, 2.24) is 25.1 Å². The van der Waals surface area contributed by atoms with Gasteiger partial charge in [-0.3, -0.25) is 9.48 Å². The van der Waals surface area contributed by atoms with E-state index in [-0.39, 0.29) is 5.56 Å². The molecule has 0 unspecified atom stereocenters. The van der Waals surface area contributed by atoms with Gasteiger partial charge in [0.05, 0.1) is 24.5 Å². The van der Waals surface area contributed by atoms with Gasteiger partial charge in [-0.15, -0.1) is 0 Å². The minimum atomic E-state index is -4.51. The third-order valence-corrected chi connectivity index (χ3v) is 6.80. The third-order valence-electron chi connectivity index (χ3n) is 6.80. The van der Waals surface area contributed by atoms with E-state index in [2.05, 4.69) is 25.3 Å². The summed E-state index contributed by atoms with van der Waals surface area (Å²) < 4.78 is 64.9. The van der Waals surface area contributed by atoms with Crippen LogP contribution in [-0.4, -0.2) is 65.6 Å². The SMILES string of the molecule is COCCNC(=O)c1ccc(OCCCC2CCN(c3ncc(-c4cc(C(F)(F)F)nn4C)cn3)CC2)cc1F. The van der Waals surface area contributed by atoms with Crippen molar-refractivity contribution >= 4 is 11.9 Å². The smallest absolute Gasteiger partial charge is 0.435 e. The average Bonchev–Trinajstić information content (AvgIpc) is 3.34. The van der Waals surface area contributed by atoms with Gasteiger partial charge in [0.25, 0.3) is 5.91 Å². The van der Waals surface area contributed by atoms with Crippen molar-refractivity contribution in [2.24, 2.45) is 13.0 Å². The number of carbonyl (C=O) groups excluding carboxylic acids is 1. The second kappa shape index (κ2) is 13.1. The number of nitrogens with one attached hydrogen (secondary N) is 1. The maximum absolute atomic E-state index is 14.3. The largest absolute Gasteiger partial charge is 0.493 e. The number of halogens is 4. The number of hydrogen-bond donors (Lipinski definition) is 1. The van der Waals surface area contributed by atoms with E-state index in [0.717, 1.165) is 44.8 Å². The van der Waals surface area contributed by atoms with Crippen LogP contribution in [0.5, 0.6) is 5.75 Å². The fourth-order valence-corrected chi connectivity index (χ4v) is 4.61. The molecule has 13 heteroatoms. The molecule has 216 valence electrons. The Balaban J connectivity index is 1.19. The van der Waals surface area contributed by atoms with Gasteiger partial charge in [-0.1, -0.05) is 0 Å². The van der Waals surface area contributed by atoms with Gasteiger partial charge in [0.1, 0.15) is 11.6 Å².